The fraction of sp³-hybridized carbons (Fsp3) is 0. The van der Waals surface area contributed by atoms with Gasteiger partial charge in [-0.3, -0.25) is 0 Å². The Morgan fingerprint density at radius 3 is 1.38 bits per heavy atom. The van der Waals surface area contributed by atoms with Crippen molar-refractivity contribution in [3.05, 3.63) is 170 Å². The third-order valence-corrected chi connectivity index (χ3v) is 9.06. The van der Waals surface area contributed by atoms with Crippen molar-refractivity contribution in [1.82, 2.24) is 0 Å². The molecule has 0 atom stereocenters. The van der Waals surface area contributed by atoms with Gasteiger partial charge in [0.05, 0.1) is 0 Å². The van der Waals surface area contributed by atoms with Crippen LogP contribution < -0.4 is 0 Å². The molecule has 0 spiro atoms. The summed E-state index contributed by atoms with van der Waals surface area (Å²) in [6.07, 6.45) is 0. The molecule has 0 bridgehead atoms. The van der Waals surface area contributed by atoms with E-state index in [9.17, 15) is 0 Å². The summed E-state index contributed by atoms with van der Waals surface area (Å²) >= 11 is 0. The first-order chi connectivity index (χ1) is 22.3. The molecule has 1 heterocycles. The number of fused-ring (bicyclic) bond motifs is 5. The maximum atomic E-state index is 6.34. The molecule has 0 saturated heterocycles. The number of benzene rings is 8. The molecule has 0 radical (unpaired) electrons. The molecule has 45 heavy (non-hydrogen) atoms. The summed E-state index contributed by atoms with van der Waals surface area (Å²) in [6, 6.07) is 60.9. The van der Waals surface area contributed by atoms with Crippen molar-refractivity contribution in [3.8, 4) is 44.5 Å². The normalized spacial score (nSPS) is 11.6. The summed E-state index contributed by atoms with van der Waals surface area (Å²) in [7, 11) is 0. The fourth-order valence-electron chi connectivity index (χ4n) is 7.16. The van der Waals surface area contributed by atoms with E-state index in [0.29, 0.717) is 0 Å². The minimum Gasteiger partial charge on any atom is -0.456 e. The standard InChI is InChI=1S/C44H28O/c1-3-14-29(15-4-1)41-34-20-7-9-22-36(34)42(37-23-10-8-21-35(37)41)32-19-13-18-31(28-32)33-26-27-40-44(38-24-11-12-25-39(38)45-40)43(33)30-16-5-2-6-17-30/h1-28H. The van der Waals surface area contributed by atoms with Crippen molar-refractivity contribution in [1.29, 1.82) is 0 Å². The lowest BCUT2D eigenvalue weighted by Gasteiger charge is -2.18. The minimum absolute atomic E-state index is 0.906. The third kappa shape index (κ3) is 4.09. The molecule has 9 aromatic rings. The molecule has 0 saturated carbocycles. The highest BCUT2D eigenvalue weighted by molar-refractivity contribution is 6.22. The van der Waals surface area contributed by atoms with Crippen LogP contribution in [0.15, 0.2) is 174 Å². The monoisotopic (exact) mass is 572 g/mol. The van der Waals surface area contributed by atoms with Gasteiger partial charge in [0.2, 0.25) is 0 Å². The van der Waals surface area contributed by atoms with Gasteiger partial charge < -0.3 is 4.42 Å². The fourth-order valence-corrected chi connectivity index (χ4v) is 7.16. The van der Waals surface area contributed by atoms with Gasteiger partial charge in [-0.25, -0.2) is 0 Å². The summed E-state index contributed by atoms with van der Waals surface area (Å²) in [5.41, 5.74) is 11.5. The van der Waals surface area contributed by atoms with Gasteiger partial charge in [-0.1, -0.05) is 152 Å². The minimum atomic E-state index is 0.906. The smallest absolute Gasteiger partial charge is 0.136 e. The Hall–Kier alpha value is -5.92. The lowest BCUT2D eigenvalue weighted by Crippen LogP contribution is -1.91. The molecule has 0 fully saturated rings. The van der Waals surface area contributed by atoms with Crippen LogP contribution in [-0.2, 0) is 0 Å². The summed E-state index contributed by atoms with van der Waals surface area (Å²) in [5.74, 6) is 0. The van der Waals surface area contributed by atoms with E-state index in [1.807, 2.05) is 6.07 Å². The Bertz CT molecular complexity index is 2460. The number of rotatable bonds is 4. The molecule has 1 heteroatoms. The van der Waals surface area contributed by atoms with Crippen LogP contribution in [0.5, 0.6) is 0 Å². The zero-order valence-corrected chi connectivity index (χ0v) is 24.6. The second-order valence-corrected chi connectivity index (χ2v) is 11.6. The van der Waals surface area contributed by atoms with Crippen LogP contribution in [-0.4, -0.2) is 0 Å². The molecule has 0 N–H and O–H groups in total. The second-order valence-electron chi connectivity index (χ2n) is 11.6. The molecule has 0 aliphatic carbocycles. The van der Waals surface area contributed by atoms with Crippen LogP contribution in [0, 0.1) is 0 Å². The van der Waals surface area contributed by atoms with E-state index < -0.39 is 0 Å². The molecular weight excluding hydrogens is 544 g/mol. The van der Waals surface area contributed by atoms with Crippen LogP contribution >= 0.6 is 0 Å². The predicted octanol–water partition coefficient (Wildman–Crippen LogP) is 12.6. The summed E-state index contributed by atoms with van der Waals surface area (Å²) < 4.78 is 6.34. The molecule has 1 aromatic heterocycles. The molecule has 8 aromatic carbocycles. The van der Waals surface area contributed by atoms with Gasteiger partial charge in [0.15, 0.2) is 0 Å². The first-order valence-electron chi connectivity index (χ1n) is 15.4. The molecule has 1 nitrogen and oxygen atoms in total. The van der Waals surface area contributed by atoms with E-state index in [1.54, 1.807) is 0 Å². The van der Waals surface area contributed by atoms with Crippen molar-refractivity contribution in [2.45, 2.75) is 0 Å². The van der Waals surface area contributed by atoms with E-state index in [1.165, 1.54) is 66.1 Å². The predicted molar refractivity (Wildman–Crippen MR) is 190 cm³/mol. The van der Waals surface area contributed by atoms with Gasteiger partial charge in [0.1, 0.15) is 11.2 Å². The van der Waals surface area contributed by atoms with Crippen LogP contribution in [0.25, 0.3) is 88.0 Å². The van der Waals surface area contributed by atoms with Gasteiger partial charge in [0, 0.05) is 16.3 Å². The van der Waals surface area contributed by atoms with Crippen LogP contribution in [0.3, 0.4) is 0 Å². The summed E-state index contributed by atoms with van der Waals surface area (Å²) in [6.45, 7) is 0. The van der Waals surface area contributed by atoms with Crippen molar-refractivity contribution in [3.63, 3.8) is 0 Å². The zero-order valence-electron chi connectivity index (χ0n) is 24.6. The molecule has 0 amide bonds. The van der Waals surface area contributed by atoms with Gasteiger partial charge in [0.25, 0.3) is 0 Å². The van der Waals surface area contributed by atoms with Crippen molar-refractivity contribution < 1.29 is 4.42 Å². The largest absolute Gasteiger partial charge is 0.456 e. The topological polar surface area (TPSA) is 13.1 Å². The quantitative estimate of drug-likeness (QED) is 0.191. The molecule has 9 rings (SSSR count). The number of para-hydroxylation sites is 1. The van der Waals surface area contributed by atoms with E-state index >= 15 is 0 Å². The van der Waals surface area contributed by atoms with Crippen molar-refractivity contribution >= 4 is 43.5 Å². The lowest BCUT2D eigenvalue weighted by molar-refractivity contribution is 0.669. The second kappa shape index (κ2) is 10.4. The van der Waals surface area contributed by atoms with E-state index in [2.05, 4.69) is 164 Å². The van der Waals surface area contributed by atoms with E-state index in [0.717, 1.165) is 21.9 Å². The Morgan fingerprint density at radius 2 is 0.756 bits per heavy atom. The number of furan rings is 1. The van der Waals surface area contributed by atoms with Crippen LogP contribution in [0.1, 0.15) is 0 Å². The Morgan fingerprint density at radius 1 is 0.289 bits per heavy atom. The van der Waals surface area contributed by atoms with E-state index in [4.69, 9.17) is 4.42 Å². The Kier molecular flexibility index (Phi) is 5.89. The Labute approximate surface area is 261 Å². The molecule has 0 aliphatic rings. The average molecular weight is 573 g/mol. The Balaban J connectivity index is 1.34. The van der Waals surface area contributed by atoms with Gasteiger partial charge in [-0.15, -0.1) is 0 Å². The highest BCUT2D eigenvalue weighted by Crippen LogP contribution is 2.46. The van der Waals surface area contributed by atoms with Gasteiger partial charge >= 0.3 is 0 Å². The highest BCUT2D eigenvalue weighted by Gasteiger charge is 2.20. The summed E-state index contributed by atoms with van der Waals surface area (Å²) in [4.78, 5) is 0. The summed E-state index contributed by atoms with van der Waals surface area (Å²) in [5, 5.41) is 7.33. The number of hydrogen-bond donors (Lipinski definition) is 0. The van der Waals surface area contributed by atoms with E-state index in [-0.39, 0.29) is 0 Å². The number of hydrogen-bond acceptors (Lipinski definition) is 1. The first-order valence-corrected chi connectivity index (χ1v) is 15.4. The van der Waals surface area contributed by atoms with Crippen LogP contribution in [0.2, 0.25) is 0 Å². The van der Waals surface area contributed by atoms with Crippen LogP contribution in [0.4, 0.5) is 0 Å². The van der Waals surface area contributed by atoms with Crippen molar-refractivity contribution in [2.24, 2.45) is 0 Å². The van der Waals surface area contributed by atoms with Gasteiger partial charge in [-0.2, -0.15) is 0 Å². The highest BCUT2D eigenvalue weighted by atomic mass is 16.3. The lowest BCUT2D eigenvalue weighted by atomic mass is 9.85. The molecule has 0 unspecified atom stereocenters. The van der Waals surface area contributed by atoms with Gasteiger partial charge in [-0.05, 0) is 78.7 Å². The molecule has 0 aliphatic heterocycles. The molecule has 210 valence electrons. The zero-order chi connectivity index (χ0) is 29.7. The molecular formula is C44H28O. The SMILES string of the molecule is c1ccc(-c2c3ccccc3c(-c3cccc(-c4ccc5oc6ccccc6c5c4-c4ccccc4)c3)c3ccccc23)cc1. The first kappa shape index (κ1) is 25.6. The van der Waals surface area contributed by atoms with Crippen molar-refractivity contribution in [2.75, 3.05) is 0 Å². The maximum absolute atomic E-state index is 6.34. The average Bonchev–Trinajstić information content (AvgIpc) is 3.50. The maximum Gasteiger partial charge on any atom is 0.136 e. The third-order valence-electron chi connectivity index (χ3n) is 9.06.